The summed E-state index contributed by atoms with van der Waals surface area (Å²) in [6.45, 7) is 9.05. The lowest BCUT2D eigenvalue weighted by molar-refractivity contribution is -0.117. The van der Waals surface area contributed by atoms with Gasteiger partial charge in [0, 0.05) is 31.3 Å². The number of nitrogens with zero attached hydrogens (tertiary/aromatic N) is 4. The number of allylic oxidation sites excluding steroid dienone is 1. The molecular weight excluding hydrogens is 482 g/mol. The highest BCUT2D eigenvalue weighted by Gasteiger charge is 2.26. The van der Waals surface area contributed by atoms with Gasteiger partial charge in [0.15, 0.2) is 0 Å². The summed E-state index contributed by atoms with van der Waals surface area (Å²) in [5.41, 5.74) is 9.21. The summed E-state index contributed by atoms with van der Waals surface area (Å²) in [5.74, 6) is -0.337. The number of hydrogen-bond donors (Lipinski definition) is 3. The van der Waals surface area contributed by atoms with Crippen molar-refractivity contribution in [3.63, 3.8) is 0 Å². The average molecular weight is 516 g/mol. The number of rotatable bonds is 10. The number of methoxy groups -OCH3 is 1. The molecule has 1 heterocycles. The maximum absolute atomic E-state index is 13.0. The van der Waals surface area contributed by atoms with Crippen LogP contribution < -0.4 is 11.1 Å². The molecule has 1 atom stereocenters. The van der Waals surface area contributed by atoms with Gasteiger partial charge >= 0.3 is 0 Å². The van der Waals surface area contributed by atoms with E-state index in [1.807, 2.05) is 67.3 Å². The molecule has 198 valence electrons. The van der Waals surface area contributed by atoms with Crippen LogP contribution in [0.2, 0.25) is 0 Å². The Hall–Kier alpha value is -4.57. The summed E-state index contributed by atoms with van der Waals surface area (Å²) in [6, 6.07) is 16.5. The van der Waals surface area contributed by atoms with Crippen molar-refractivity contribution in [3.05, 3.63) is 89.3 Å². The Morgan fingerprint density at radius 2 is 1.95 bits per heavy atom. The van der Waals surface area contributed by atoms with Crippen LogP contribution in [0.1, 0.15) is 25.0 Å². The molecule has 0 saturated heterocycles. The third kappa shape index (κ3) is 6.80. The van der Waals surface area contributed by atoms with E-state index in [0.29, 0.717) is 42.5 Å². The summed E-state index contributed by atoms with van der Waals surface area (Å²) in [4.78, 5) is 27.9. The molecule has 0 radical (unpaired) electrons. The van der Waals surface area contributed by atoms with E-state index in [0.717, 1.165) is 11.1 Å². The fourth-order valence-corrected chi connectivity index (χ4v) is 3.86. The maximum Gasteiger partial charge on any atom is 0.291 e. The lowest BCUT2D eigenvalue weighted by Crippen LogP contribution is -2.31. The quantitative estimate of drug-likeness (QED) is 0.252. The van der Waals surface area contributed by atoms with E-state index in [9.17, 15) is 4.79 Å². The second-order valence-electron chi connectivity index (χ2n) is 8.12. The molecule has 2 aromatic carbocycles. The SMILES string of the molecule is C=N/C(=C(\C=C/C)C(=N)O/C(N)=N/C1N=C(c2ccccc2)c2ccccc2NC1=O)N(CC)CCOC. The fraction of sp³-hybridized carbons (Fsp3) is 0.250. The first-order chi connectivity index (χ1) is 18.4. The van der Waals surface area contributed by atoms with Crippen LogP contribution in [0, 0.1) is 5.41 Å². The van der Waals surface area contributed by atoms with E-state index in [2.05, 4.69) is 27.0 Å². The number of benzodiazepines with no additional fused rings is 1. The predicted molar refractivity (Wildman–Crippen MR) is 152 cm³/mol. The van der Waals surface area contributed by atoms with Gasteiger partial charge in [-0.25, -0.2) is 9.98 Å². The molecule has 0 aromatic heterocycles. The van der Waals surface area contributed by atoms with Crippen molar-refractivity contribution in [2.45, 2.75) is 20.0 Å². The molecule has 1 aliphatic rings. The van der Waals surface area contributed by atoms with Gasteiger partial charge in [0.2, 0.25) is 12.1 Å². The Kier molecular flexibility index (Phi) is 10.1. The zero-order valence-electron chi connectivity index (χ0n) is 21.8. The molecule has 1 aliphatic heterocycles. The minimum absolute atomic E-state index is 0.299. The molecule has 0 saturated carbocycles. The van der Waals surface area contributed by atoms with Crippen molar-refractivity contribution >= 4 is 35.9 Å². The Morgan fingerprint density at radius 1 is 1.24 bits per heavy atom. The molecule has 0 spiro atoms. The smallest absolute Gasteiger partial charge is 0.291 e. The molecule has 10 heteroatoms. The van der Waals surface area contributed by atoms with Crippen LogP contribution in [0.4, 0.5) is 5.69 Å². The van der Waals surface area contributed by atoms with E-state index in [4.69, 9.17) is 20.6 Å². The molecule has 1 amide bonds. The summed E-state index contributed by atoms with van der Waals surface area (Å²) < 4.78 is 10.7. The highest BCUT2D eigenvalue weighted by Crippen LogP contribution is 2.24. The number of nitrogens with one attached hydrogen (secondary N) is 2. The van der Waals surface area contributed by atoms with Gasteiger partial charge in [-0.3, -0.25) is 10.2 Å². The monoisotopic (exact) mass is 515 g/mol. The predicted octanol–water partition coefficient (Wildman–Crippen LogP) is 3.57. The third-order valence-corrected chi connectivity index (χ3v) is 5.64. The molecule has 0 fully saturated rings. The van der Waals surface area contributed by atoms with Crippen molar-refractivity contribution < 1.29 is 14.3 Å². The summed E-state index contributed by atoms with van der Waals surface area (Å²) >= 11 is 0. The molecule has 4 N–H and O–H groups in total. The van der Waals surface area contributed by atoms with Crippen LogP contribution in [0.15, 0.2) is 93.1 Å². The molecule has 3 rings (SSSR count). The number of amidine groups is 1. The van der Waals surface area contributed by atoms with Crippen molar-refractivity contribution in [1.29, 1.82) is 5.41 Å². The van der Waals surface area contributed by atoms with E-state index in [1.165, 1.54) is 0 Å². The average Bonchev–Trinajstić information content (AvgIpc) is 3.06. The number of para-hydroxylation sites is 1. The van der Waals surface area contributed by atoms with Crippen molar-refractivity contribution in [2.75, 3.05) is 32.1 Å². The number of anilines is 1. The number of carbonyl (C=O) groups is 1. The molecule has 10 nitrogen and oxygen atoms in total. The van der Waals surface area contributed by atoms with Gasteiger partial charge in [-0.15, -0.1) is 0 Å². The number of benzene rings is 2. The van der Waals surface area contributed by atoms with Crippen molar-refractivity contribution in [1.82, 2.24) is 4.90 Å². The van der Waals surface area contributed by atoms with Crippen LogP contribution in [0.5, 0.6) is 0 Å². The van der Waals surface area contributed by atoms with Crippen LogP contribution >= 0.6 is 0 Å². The van der Waals surface area contributed by atoms with Gasteiger partial charge in [0.1, 0.15) is 5.82 Å². The standard InChI is InChI=1S/C28H33N7O3/c1-5-12-21(26(31-3)35(6-2)17-18-37-4)24(29)38-28(30)34-25-27(36)32-22-16-11-10-15-20(22)23(33-25)19-13-8-7-9-14-19/h5,7-16,25,29H,3,6,17-18H2,1-2,4H3,(H2,30,34)(H,32,36)/b12-5-,26-21-,29-24?. The van der Waals surface area contributed by atoms with E-state index in [1.54, 1.807) is 25.3 Å². The zero-order valence-corrected chi connectivity index (χ0v) is 21.8. The molecule has 2 aromatic rings. The first-order valence-corrected chi connectivity index (χ1v) is 12.1. The van der Waals surface area contributed by atoms with Gasteiger partial charge in [0.05, 0.1) is 23.6 Å². The van der Waals surface area contributed by atoms with Crippen LogP contribution in [-0.4, -0.2) is 68.1 Å². The summed E-state index contributed by atoms with van der Waals surface area (Å²) in [6.07, 6.45) is 2.20. The third-order valence-electron chi connectivity index (χ3n) is 5.64. The Balaban J connectivity index is 1.96. The minimum Gasteiger partial charge on any atom is -0.407 e. The molecule has 38 heavy (non-hydrogen) atoms. The van der Waals surface area contributed by atoms with E-state index in [-0.39, 0.29) is 11.9 Å². The largest absolute Gasteiger partial charge is 0.407 e. The van der Waals surface area contributed by atoms with Gasteiger partial charge in [0.25, 0.3) is 11.9 Å². The summed E-state index contributed by atoms with van der Waals surface area (Å²) in [5, 5.41) is 11.4. The normalized spacial score (nSPS) is 16.1. The number of aliphatic imine (C=N–C) groups is 3. The molecule has 1 unspecified atom stereocenters. The number of hydrogen-bond acceptors (Lipinski definition) is 8. The maximum atomic E-state index is 13.0. The Bertz CT molecular complexity index is 1280. The number of fused-ring (bicyclic) bond motifs is 1. The van der Waals surface area contributed by atoms with Crippen LogP contribution in [0.3, 0.4) is 0 Å². The van der Waals surface area contributed by atoms with Crippen molar-refractivity contribution in [3.8, 4) is 0 Å². The van der Waals surface area contributed by atoms with Crippen LogP contribution in [0.25, 0.3) is 0 Å². The number of ether oxygens (including phenoxy) is 2. The van der Waals surface area contributed by atoms with Crippen LogP contribution in [-0.2, 0) is 14.3 Å². The number of nitrogens with two attached hydrogens (primary N) is 1. The van der Waals surface area contributed by atoms with Gasteiger partial charge in [-0.1, -0.05) is 60.7 Å². The van der Waals surface area contributed by atoms with Crippen molar-refractivity contribution in [2.24, 2.45) is 20.7 Å². The lowest BCUT2D eigenvalue weighted by atomic mass is 10.0. The topological polar surface area (TPSA) is 138 Å². The highest BCUT2D eigenvalue weighted by molar-refractivity contribution is 6.19. The lowest BCUT2D eigenvalue weighted by Gasteiger charge is -2.24. The van der Waals surface area contributed by atoms with E-state index < -0.39 is 12.1 Å². The van der Waals surface area contributed by atoms with Gasteiger partial charge in [-0.05, 0) is 26.6 Å². The first-order valence-electron chi connectivity index (χ1n) is 12.1. The number of carbonyl (C=O) groups excluding carboxylic acids is 1. The number of likely N-dealkylation sites (N-methyl/N-ethyl adjacent to an activating group) is 1. The second-order valence-corrected chi connectivity index (χ2v) is 8.12. The second kappa shape index (κ2) is 13.7. The van der Waals surface area contributed by atoms with Gasteiger partial charge in [-0.2, -0.15) is 4.99 Å². The molecular formula is C28H33N7O3. The van der Waals surface area contributed by atoms with E-state index >= 15 is 0 Å². The van der Waals surface area contributed by atoms with Gasteiger partial charge < -0.3 is 25.4 Å². The molecule has 0 aliphatic carbocycles. The fourth-order valence-electron chi connectivity index (χ4n) is 3.86. The Morgan fingerprint density at radius 3 is 2.61 bits per heavy atom. The summed E-state index contributed by atoms with van der Waals surface area (Å²) in [7, 11) is 1.61. The zero-order chi connectivity index (χ0) is 27.5. The number of amides is 1. The minimum atomic E-state index is -1.23. The highest BCUT2D eigenvalue weighted by atomic mass is 16.5. The molecule has 0 bridgehead atoms. The first kappa shape index (κ1) is 28.0. The Labute approximate surface area is 222 Å².